The van der Waals surface area contributed by atoms with Crippen LogP contribution in [0.15, 0.2) is 0 Å². The first kappa shape index (κ1) is 8.89. The van der Waals surface area contributed by atoms with Crippen molar-refractivity contribution in [3.63, 3.8) is 0 Å². The second-order valence-corrected chi connectivity index (χ2v) is 0.338. The van der Waals surface area contributed by atoms with Crippen LogP contribution < -0.4 is 10.4 Å². The zero-order valence-electron chi connectivity index (χ0n) is 2.31. The standard InChI is InChI=1S/CH3NO2.FH/c2-1(3)4;/h2H2,(H,3,4);1H/p-1. The molecule has 3 nitrogen and oxygen atoms in total. The molecule has 0 aliphatic heterocycles. The van der Waals surface area contributed by atoms with Gasteiger partial charge in [-0.1, -0.05) is 0 Å². The summed E-state index contributed by atoms with van der Waals surface area (Å²) in [5, 5.41) is 7.19. The first-order valence-corrected chi connectivity index (χ1v) is 0.716. The lowest BCUT2D eigenvalue weighted by Crippen LogP contribution is -3.00. The quantitative estimate of drug-likeness (QED) is 0.319. The van der Waals surface area contributed by atoms with Crippen LogP contribution in [0.25, 0.3) is 0 Å². The number of primary amides is 1. The molecule has 0 aromatic carbocycles. The molecule has 4 heteroatoms. The Labute approximate surface area is 27.8 Å². The molecule has 32 valence electrons. The fraction of sp³-hybridized carbons (Fsp3) is 0. The van der Waals surface area contributed by atoms with Gasteiger partial charge in [-0.05, 0) is 0 Å². The Hall–Kier alpha value is -0.800. The maximum Gasteiger partial charge on any atom is 0.402 e. The topological polar surface area (TPSA) is 63.3 Å². The van der Waals surface area contributed by atoms with Gasteiger partial charge < -0.3 is 15.5 Å². The SMILES string of the molecule is NC(=O)O.[F-]. The maximum atomic E-state index is 8.78. The highest BCUT2D eigenvalue weighted by Crippen LogP contribution is 1.34. The first-order chi connectivity index (χ1) is 1.73. The van der Waals surface area contributed by atoms with E-state index in [1.165, 1.54) is 0 Å². The smallest absolute Gasteiger partial charge is 0.402 e. The number of carboxylic acid groups (broad SMARTS) is 1. The van der Waals surface area contributed by atoms with Gasteiger partial charge in [0.05, 0.1) is 0 Å². The highest BCUT2D eigenvalue weighted by atomic mass is 19.0. The molecule has 0 atom stereocenters. The van der Waals surface area contributed by atoms with E-state index in [0.717, 1.165) is 0 Å². The lowest BCUT2D eigenvalue weighted by molar-refractivity contribution is -0.00000715. The van der Waals surface area contributed by atoms with E-state index in [1.807, 2.05) is 0 Å². The van der Waals surface area contributed by atoms with Crippen LogP contribution in [0.4, 0.5) is 4.79 Å². The van der Waals surface area contributed by atoms with E-state index in [9.17, 15) is 0 Å². The Balaban J connectivity index is 0. The van der Waals surface area contributed by atoms with Crippen molar-refractivity contribution in [2.24, 2.45) is 5.73 Å². The van der Waals surface area contributed by atoms with E-state index in [2.05, 4.69) is 5.73 Å². The van der Waals surface area contributed by atoms with Gasteiger partial charge in [-0.2, -0.15) is 0 Å². The Morgan fingerprint density at radius 3 is 1.80 bits per heavy atom. The largest absolute Gasteiger partial charge is 1.00 e. The van der Waals surface area contributed by atoms with E-state index in [-0.39, 0.29) is 4.70 Å². The molecule has 0 spiro atoms. The minimum Gasteiger partial charge on any atom is -1.00 e. The number of rotatable bonds is 0. The minimum absolute atomic E-state index is 0. The molecule has 0 aliphatic rings. The summed E-state index contributed by atoms with van der Waals surface area (Å²) in [5.41, 5.74) is 4.03. The fourth-order valence-electron chi connectivity index (χ4n) is 0. The number of amides is 1. The Morgan fingerprint density at radius 2 is 1.80 bits per heavy atom. The third kappa shape index (κ3) is 7.20. The van der Waals surface area contributed by atoms with Crippen molar-refractivity contribution in [2.75, 3.05) is 0 Å². The molecule has 0 rings (SSSR count). The highest BCUT2D eigenvalue weighted by molar-refractivity contribution is 5.61. The summed E-state index contributed by atoms with van der Waals surface area (Å²) in [6.07, 6.45) is -1.33. The monoisotopic (exact) mass is 80.0 g/mol. The van der Waals surface area contributed by atoms with Gasteiger partial charge in [0.2, 0.25) is 0 Å². The average Bonchev–Trinajstić information content (AvgIpc) is 0.811. The molecule has 0 aliphatic carbocycles. The molecule has 0 aromatic rings. The number of carbonyl (C=O) groups is 1. The number of halogens is 1. The van der Waals surface area contributed by atoms with Gasteiger partial charge >= 0.3 is 6.09 Å². The lowest BCUT2D eigenvalue weighted by Gasteiger charge is -1.61. The van der Waals surface area contributed by atoms with Crippen molar-refractivity contribution in [3.8, 4) is 0 Å². The maximum absolute atomic E-state index is 8.78. The zero-order chi connectivity index (χ0) is 3.58. The number of nitrogens with two attached hydrogens (primary N) is 1. The predicted molar refractivity (Wildman–Crippen MR) is 12.2 cm³/mol. The summed E-state index contributed by atoms with van der Waals surface area (Å²) in [7, 11) is 0. The second kappa shape index (κ2) is 3.20. The summed E-state index contributed by atoms with van der Waals surface area (Å²) < 4.78 is 0. The third-order valence-corrected chi connectivity index (χ3v) is 0. The van der Waals surface area contributed by atoms with Gasteiger partial charge in [-0.15, -0.1) is 0 Å². The Morgan fingerprint density at radius 1 is 1.80 bits per heavy atom. The van der Waals surface area contributed by atoms with E-state index < -0.39 is 6.09 Å². The van der Waals surface area contributed by atoms with E-state index in [0.29, 0.717) is 0 Å². The third-order valence-electron chi connectivity index (χ3n) is 0. The van der Waals surface area contributed by atoms with Crippen molar-refractivity contribution in [3.05, 3.63) is 0 Å². The van der Waals surface area contributed by atoms with Gasteiger partial charge in [-0.3, -0.25) is 0 Å². The molecular weight excluding hydrogens is 77.0 g/mol. The Bertz CT molecular complexity index is 32.6. The van der Waals surface area contributed by atoms with Gasteiger partial charge in [0.15, 0.2) is 0 Å². The highest BCUT2D eigenvalue weighted by Gasteiger charge is 1.65. The van der Waals surface area contributed by atoms with Crippen LogP contribution in [0.5, 0.6) is 0 Å². The van der Waals surface area contributed by atoms with Crippen LogP contribution >= 0.6 is 0 Å². The molecule has 0 fully saturated rings. The molecule has 5 heavy (non-hydrogen) atoms. The molecule has 0 aromatic heterocycles. The van der Waals surface area contributed by atoms with Crippen LogP contribution in [0.1, 0.15) is 0 Å². The minimum atomic E-state index is -1.33. The van der Waals surface area contributed by atoms with E-state index in [4.69, 9.17) is 9.90 Å². The van der Waals surface area contributed by atoms with E-state index in [1.54, 1.807) is 0 Å². The summed E-state index contributed by atoms with van der Waals surface area (Å²) in [6, 6.07) is 0. The summed E-state index contributed by atoms with van der Waals surface area (Å²) in [6.45, 7) is 0. The zero-order valence-corrected chi connectivity index (χ0v) is 2.31. The summed E-state index contributed by atoms with van der Waals surface area (Å²) in [5.74, 6) is 0. The van der Waals surface area contributed by atoms with Gasteiger partial charge in [0.25, 0.3) is 0 Å². The predicted octanol–water partition coefficient (Wildman–Crippen LogP) is -3.37. The van der Waals surface area contributed by atoms with Crippen LogP contribution in [0.2, 0.25) is 0 Å². The van der Waals surface area contributed by atoms with Gasteiger partial charge in [0, 0.05) is 0 Å². The fourth-order valence-corrected chi connectivity index (χ4v) is 0. The molecule has 1 amide bonds. The molecule has 0 unspecified atom stereocenters. The molecule has 0 saturated carbocycles. The normalized spacial score (nSPS) is 4.80. The molecule has 0 heterocycles. The lowest BCUT2D eigenvalue weighted by atomic mass is 11.3. The van der Waals surface area contributed by atoms with Crippen LogP contribution in [-0.2, 0) is 0 Å². The van der Waals surface area contributed by atoms with Gasteiger partial charge in [0.1, 0.15) is 0 Å². The summed E-state index contributed by atoms with van der Waals surface area (Å²) >= 11 is 0. The molecule has 3 N–H and O–H groups in total. The van der Waals surface area contributed by atoms with Crippen molar-refractivity contribution < 1.29 is 14.6 Å². The van der Waals surface area contributed by atoms with Crippen molar-refractivity contribution in [1.29, 1.82) is 0 Å². The van der Waals surface area contributed by atoms with Crippen molar-refractivity contribution in [1.82, 2.24) is 0 Å². The van der Waals surface area contributed by atoms with Crippen molar-refractivity contribution >= 4 is 6.09 Å². The Kier molecular flexibility index (Phi) is 5.69. The molecular formula is CH3FNO2-. The average molecular weight is 80.0 g/mol. The molecule has 0 saturated heterocycles. The van der Waals surface area contributed by atoms with Crippen LogP contribution in [0.3, 0.4) is 0 Å². The van der Waals surface area contributed by atoms with Crippen LogP contribution in [0, 0.1) is 0 Å². The molecule has 0 radical (unpaired) electrons. The first-order valence-electron chi connectivity index (χ1n) is 0.716. The van der Waals surface area contributed by atoms with Crippen molar-refractivity contribution in [2.45, 2.75) is 0 Å². The number of hydrogen-bond acceptors (Lipinski definition) is 1. The molecule has 0 bridgehead atoms. The van der Waals surface area contributed by atoms with E-state index >= 15 is 0 Å². The van der Waals surface area contributed by atoms with Gasteiger partial charge in [-0.25, -0.2) is 4.79 Å². The number of hydrogen-bond donors (Lipinski definition) is 2. The second-order valence-electron chi connectivity index (χ2n) is 0.338. The summed E-state index contributed by atoms with van der Waals surface area (Å²) in [4.78, 5) is 8.78. The van der Waals surface area contributed by atoms with Crippen LogP contribution in [-0.4, -0.2) is 11.2 Å².